The second-order valence-corrected chi connectivity index (χ2v) is 16.7. The van der Waals surface area contributed by atoms with Crippen LogP contribution >= 0.6 is 23.5 Å². The minimum Gasteiger partial charge on any atom is -0.309 e. The molecule has 0 N–H and O–H groups in total. The Morgan fingerprint density at radius 3 is 1.91 bits per heavy atom. The number of para-hydroxylation sites is 1. The van der Waals surface area contributed by atoms with Gasteiger partial charge in [0.1, 0.15) is 0 Å². The number of hydrogen-bond acceptors (Lipinski definition) is 4. The van der Waals surface area contributed by atoms with Crippen molar-refractivity contribution in [1.29, 1.82) is 0 Å². The molecule has 11 rings (SSSR count). The molecule has 1 aliphatic carbocycles. The first kappa shape index (κ1) is 31.6. The van der Waals surface area contributed by atoms with Gasteiger partial charge in [0, 0.05) is 58.1 Å². The van der Waals surface area contributed by atoms with Crippen LogP contribution in [0.4, 0.5) is 0 Å². The molecule has 7 aromatic carbocycles. The normalized spacial score (nSPS) is 13.7. The molecule has 54 heavy (non-hydrogen) atoms. The lowest BCUT2D eigenvalue weighted by Gasteiger charge is -2.28. The van der Waals surface area contributed by atoms with Crippen molar-refractivity contribution >= 4 is 45.3 Å². The zero-order chi connectivity index (χ0) is 36.0. The summed E-state index contributed by atoms with van der Waals surface area (Å²) in [5.74, 6) is 0.716. The van der Waals surface area contributed by atoms with Gasteiger partial charge in [-0.1, -0.05) is 159 Å². The van der Waals surface area contributed by atoms with Crippen LogP contribution in [-0.4, -0.2) is 14.5 Å². The Balaban J connectivity index is 1.13. The van der Waals surface area contributed by atoms with Crippen LogP contribution in [0.3, 0.4) is 0 Å². The van der Waals surface area contributed by atoms with E-state index in [2.05, 4.69) is 158 Å². The third kappa shape index (κ3) is 4.78. The molecule has 3 heterocycles. The van der Waals surface area contributed by atoms with Gasteiger partial charge in [-0.25, -0.2) is 9.97 Å². The SMILES string of the molecule is CC1(C)c2c(ccc3c2Sc2ccccc2S3)-c2ccc3c4ccccc4n(-c4cccc(-c5cc(-c6ccccc6)nc(-c6ccccc6)n5)c4)c3c21. The number of rotatable bonds is 4. The molecule has 2 aromatic heterocycles. The minimum atomic E-state index is -0.235. The molecule has 2 aliphatic rings. The van der Waals surface area contributed by atoms with E-state index in [1.54, 1.807) is 0 Å². The first-order valence-corrected chi connectivity index (χ1v) is 20.0. The zero-order valence-corrected chi connectivity index (χ0v) is 31.4. The van der Waals surface area contributed by atoms with Gasteiger partial charge in [-0.15, -0.1) is 0 Å². The Labute approximate surface area is 322 Å². The highest BCUT2D eigenvalue weighted by atomic mass is 32.2. The molecule has 9 aromatic rings. The van der Waals surface area contributed by atoms with Crippen LogP contribution in [0.15, 0.2) is 183 Å². The van der Waals surface area contributed by atoms with E-state index in [-0.39, 0.29) is 5.41 Å². The van der Waals surface area contributed by atoms with Gasteiger partial charge in [-0.3, -0.25) is 0 Å². The van der Waals surface area contributed by atoms with Crippen LogP contribution in [0.25, 0.3) is 72.5 Å². The largest absolute Gasteiger partial charge is 0.309 e. The average molecular weight is 728 g/mol. The van der Waals surface area contributed by atoms with Gasteiger partial charge in [0.05, 0.1) is 22.4 Å². The van der Waals surface area contributed by atoms with Gasteiger partial charge < -0.3 is 4.57 Å². The van der Waals surface area contributed by atoms with Crippen LogP contribution in [0.1, 0.15) is 25.0 Å². The van der Waals surface area contributed by atoms with Crippen molar-refractivity contribution < 1.29 is 0 Å². The summed E-state index contributed by atoms with van der Waals surface area (Å²) in [5, 5.41) is 2.53. The quantitative estimate of drug-likeness (QED) is 0.181. The molecule has 0 spiro atoms. The van der Waals surface area contributed by atoms with Crippen molar-refractivity contribution in [3.8, 4) is 50.7 Å². The van der Waals surface area contributed by atoms with E-state index in [1.807, 2.05) is 47.8 Å². The van der Waals surface area contributed by atoms with E-state index in [9.17, 15) is 0 Å². The lowest BCUT2D eigenvalue weighted by molar-refractivity contribution is 0.645. The third-order valence-electron chi connectivity index (χ3n) is 11.0. The molecule has 0 fully saturated rings. The number of benzene rings is 7. The second-order valence-electron chi connectivity index (χ2n) is 14.6. The third-order valence-corrected chi connectivity index (χ3v) is 13.6. The topological polar surface area (TPSA) is 30.7 Å². The molecule has 1 aliphatic heterocycles. The molecule has 0 atom stereocenters. The number of fused-ring (bicyclic) bond motifs is 10. The fourth-order valence-corrected chi connectivity index (χ4v) is 11.2. The molecule has 0 bridgehead atoms. The number of nitrogens with zero attached hydrogens (tertiary/aromatic N) is 3. The molecule has 0 amide bonds. The highest BCUT2D eigenvalue weighted by molar-refractivity contribution is 8.05. The molecule has 0 saturated carbocycles. The van der Waals surface area contributed by atoms with E-state index < -0.39 is 0 Å². The predicted octanol–water partition coefficient (Wildman–Crippen LogP) is 13.5. The van der Waals surface area contributed by atoms with Crippen molar-refractivity contribution in [3.05, 3.63) is 175 Å². The Morgan fingerprint density at radius 1 is 0.481 bits per heavy atom. The van der Waals surface area contributed by atoms with Crippen molar-refractivity contribution in [2.45, 2.75) is 38.8 Å². The summed E-state index contributed by atoms with van der Waals surface area (Å²) in [7, 11) is 0. The summed E-state index contributed by atoms with van der Waals surface area (Å²) in [6.45, 7) is 4.86. The Kier molecular flexibility index (Phi) is 7.07. The van der Waals surface area contributed by atoms with Gasteiger partial charge in [-0.05, 0) is 64.7 Å². The van der Waals surface area contributed by atoms with Crippen LogP contribution < -0.4 is 0 Å². The predicted molar refractivity (Wildman–Crippen MR) is 225 cm³/mol. The highest BCUT2D eigenvalue weighted by Crippen LogP contribution is 2.60. The van der Waals surface area contributed by atoms with Crippen molar-refractivity contribution in [1.82, 2.24) is 14.5 Å². The van der Waals surface area contributed by atoms with Crippen LogP contribution in [-0.2, 0) is 5.41 Å². The molecule has 0 radical (unpaired) electrons. The first-order chi connectivity index (χ1) is 26.5. The monoisotopic (exact) mass is 727 g/mol. The molecule has 256 valence electrons. The maximum atomic E-state index is 5.19. The summed E-state index contributed by atoms with van der Waals surface area (Å²) in [4.78, 5) is 15.6. The number of hydrogen-bond donors (Lipinski definition) is 0. The van der Waals surface area contributed by atoms with Gasteiger partial charge in [-0.2, -0.15) is 0 Å². The van der Waals surface area contributed by atoms with E-state index in [0.717, 1.165) is 33.8 Å². The summed E-state index contributed by atoms with van der Waals surface area (Å²) >= 11 is 3.83. The average Bonchev–Trinajstić information content (AvgIpc) is 3.69. The molecule has 3 nitrogen and oxygen atoms in total. The van der Waals surface area contributed by atoms with Gasteiger partial charge in [0.25, 0.3) is 0 Å². The lowest BCUT2D eigenvalue weighted by Crippen LogP contribution is -2.18. The van der Waals surface area contributed by atoms with E-state index in [1.165, 1.54) is 63.6 Å². The van der Waals surface area contributed by atoms with Gasteiger partial charge in [0.15, 0.2) is 5.82 Å². The van der Waals surface area contributed by atoms with E-state index >= 15 is 0 Å². The molecular formula is C49H33N3S2. The smallest absolute Gasteiger partial charge is 0.160 e. The summed E-state index contributed by atoms with van der Waals surface area (Å²) in [6, 6.07) is 58.8. The molecule has 0 saturated heterocycles. The van der Waals surface area contributed by atoms with E-state index in [0.29, 0.717) is 5.82 Å². The molecular weight excluding hydrogens is 695 g/mol. The Bertz CT molecular complexity index is 2910. The first-order valence-electron chi connectivity index (χ1n) is 18.3. The maximum Gasteiger partial charge on any atom is 0.160 e. The maximum absolute atomic E-state index is 5.19. The Hall–Kier alpha value is -5.88. The van der Waals surface area contributed by atoms with Crippen LogP contribution in [0.2, 0.25) is 0 Å². The minimum absolute atomic E-state index is 0.235. The fraction of sp³-hybridized carbons (Fsp3) is 0.0612. The van der Waals surface area contributed by atoms with Crippen molar-refractivity contribution in [2.24, 2.45) is 0 Å². The fourth-order valence-electron chi connectivity index (χ4n) is 8.62. The highest BCUT2D eigenvalue weighted by Gasteiger charge is 2.42. The zero-order valence-electron chi connectivity index (χ0n) is 29.7. The van der Waals surface area contributed by atoms with Crippen LogP contribution in [0, 0.1) is 0 Å². The molecule has 5 heteroatoms. The van der Waals surface area contributed by atoms with Crippen molar-refractivity contribution in [2.75, 3.05) is 0 Å². The summed E-state index contributed by atoms with van der Waals surface area (Å²) in [5.41, 5.74) is 13.7. The van der Waals surface area contributed by atoms with Gasteiger partial charge >= 0.3 is 0 Å². The Morgan fingerprint density at radius 2 is 1.11 bits per heavy atom. The van der Waals surface area contributed by atoms with E-state index in [4.69, 9.17) is 9.97 Å². The summed E-state index contributed by atoms with van der Waals surface area (Å²) < 4.78 is 2.50. The second kappa shape index (κ2) is 12.1. The summed E-state index contributed by atoms with van der Waals surface area (Å²) in [6.07, 6.45) is 0. The lowest BCUT2D eigenvalue weighted by atomic mass is 9.81. The standard InChI is InChI=1S/C49H33N3S2/c1-49(2)44-35(36-26-27-43-47(45(36)49)54-42-23-12-11-22-41(42)53-43)24-25-37-34-20-9-10-21-40(34)52(46(37)44)33-19-13-18-32(28-33)39-29-38(30-14-5-3-6-15-30)50-48(51-39)31-16-7-4-8-17-31/h3-29H,1-2H3. The van der Waals surface area contributed by atoms with Crippen molar-refractivity contribution in [3.63, 3.8) is 0 Å². The molecule has 0 unspecified atom stereocenters. The van der Waals surface area contributed by atoms with Crippen LogP contribution in [0.5, 0.6) is 0 Å². The number of aromatic nitrogens is 3. The van der Waals surface area contributed by atoms with Gasteiger partial charge in [0.2, 0.25) is 0 Å².